The summed E-state index contributed by atoms with van der Waals surface area (Å²) < 4.78 is 0. The number of ketones is 1. The highest BCUT2D eigenvalue weighted by Crippen LogP contribution is 2.36. The third-order valence-corrected chi connectivity index (χ3v) is 7.62. The Hall–Kier alpha value is -1.64. The van der Waals surface area contributed by atoms with E-state index in [0.717, 1.165) is 51.5 Å². The molecule has 1 aromatic rings. The van der Waals surface area contributed by atoms with Crippen molar-refractivity contribution in [3.05, 3.63) is 35.4 Å². The minimum Gasteiger partial charge on any atom is -0.356 e. The van der Waals surface area contributed by atoms with Crippen molar-refractivity contribution >= 4 is 11.7 Å². The number of carbonyl (C=O) groups excluding carboxylic acids is 2. The van der Waals surface area contributed by atoms with Crippen LogP contribution in [-0.2, 0) is 16.0 Å². The molecule has 2 aliphatic rings. The number of hydrogen-bond acceptors (Lipinski definition) is 2. The molecular weight excluding hydrogens is 382 g/mol. The molecule has 1 aromatic carbocycles. The monoisotopic (exact) mass is 425 g/mol. The number of nitrogens with one attached hydrogen (secondary N) is 1. The summed E-state index contributed by atoms with van der Waals surface area (Å²) in [7, 11) is 0. The number of aryl methyl sites for hydroxylation is 1. The topological polar surface area (TPSA) is 46.2 Å². The van der Waals surface area contributed by atoms with Gasteiger partial charge in [-0.25, -0.2) is 0 Å². The zero-order chi connectivity index (χ0) is 21.9. The van der Waals surface area contributed by atoms with Crippen molar-refractivity contribution in [1.82, 2.24) is 5.32 Å². The van der Waals surface area contributed by atoms with Crippen LogP contribution < -0.4 is 5.32 Å². The molecule has 172 valence electrons. The van der Waals surface area contributed by atoms with Crippen LogP contribution in [0.5, 0.6) is 0 Å². The molecule has 0 radical (unpaired) electrons. The van der Waals surface area contributed by atoms with E-state index in [1.807, 2.05) is 0 Å². The van der Waals surface area contributed by atoms with Crippen LogP contribution in [0, 0.1) is 11.8 Å². The van der Waals surface area contributed by atoms with E-state index >= 15 is 0 Å². The molecule has 1 amide bonds. The summed E-state index contributed by atoms with van der Waals surface area (Å²) >= 11 is 0. The van der Waals surface area contributed by atoms with Crippen molar-refractivity contribution < 1.29 is 9.59 Å². The van der Waals surface area contributed by atoms with Crippen molar-refractivity contribution in [2.45, 2.75) is 109 Å². The van der Waals surface area contributed by atoms with Crippen LogP contribution in [0.15, 0.2) is 24.3 Å². The van der Waals surface area contributed by atoms with Crippen LogP contribution >= 0.6 is 0 Å². The predicted octanol–water partition coefficient (Wildman–Crippen LogP) is 6.74. The highest BCUT2D eigenvalue weighted by molar-refractivity contribution is 5.81. The van der Waals surface area contributed by atoms with Gasteiger partial charge in [-0.3, -0.25) is 9.59 Å². The Morgan fingerprint density at radius 1 is 0.871 bits per heavy atom. The van der Waals surface area contributed by atoms with E-state index in [9.17, 15) is 9.59 Å². The van der Waals surface area contributed by atoms with Gasteiger partial charge in [0.2, 0.25) is 5.91 Å². The van der Waals surface area contributed by atoms with Gasteiger partial charge in [0.05, 0.1) is 0 Å². The van der Waals surface area contributed by atoms with E-state index in [0.29, 0.717) is 30.0 Å². The molecule has 3 rings (SSSR count). The average molecular weight is 426 g/mol. The fourth-order valence-electron chi connectivity index (χ4n) is 5.54. The van der Waals surface area contributed by atoms with Crippen LogP contribution in [0.1, 0.15) is 114 Å². The molecule has 2 atom stereocenters. The van der Waals surface area contributed by atoms with E-state index < -0.39 is 0 Å². The molecule has 0 aromatic heterocycles. The lowest BCUT2D eigenvalue weighted by Crippen LogP contribution is -2.31. The standard InChI is InChI=1S/C28H43NO2/c1-2-22-16-18-24(19-17-22)26-13-9-10-23(20-26)21-29-28(31)15-8-4-7-14-27(30)25-11-5-3-6-12-25/h16-19,23,25-26H,2-15,20-21H2,1H3,(H,29,31). The van der Waals surface area contributed by atoms with Gasteiger partial charge in [0.1, 0.15) is 5.78 Å². The van der Waals surface area contributed by atoms with Crippen LogP contribution in [0.25, 0.3) is 0 Å². The number of amides is 1. The Kier molecular flexibility index (Phi) is 10.1. The molecule has 0 heterocycles. The summed E-state index contributed by atoms with van der Waals surface area (Å²) in [5.74, 6) is 2.24. The second-order valence-corrected chi connectivity index (χ2v) is 9.99. The maximum Gasteiger partial charge on any atom is 0.220 e. The van der Waals surface area contributed by atoms with E-state index in [2.05, 4.69) is 36.5 Å². The molecule has 3 heteroatoms. The third-order valence-electron chi connectivity index (χ3n) is 7.62. The van der Waals surface area contributed by atoms with E-state index in [4.69, 9.17) is 0 Å². The zero-order valence-electron chi connectivity index (χ0n) is 19.7. The molecule has 0 aliphatic heterocycles. The highest BCUT2D eigenvalue weighted by Gasteiger charge is 2.24. The summed E-state index contributed by atoms with van der Waals surface area (Å²) in [4.78, 5) is 24.5. The summed E-state index contributed by atoms with van der Waals surface area (Å²) in [5.41, 5.74) is 2.87. The van der Waals surface area contributed by atoms with Gasteiger partial charge < -0.3 is 5.32 Å². The first-order valence-corrected chi connectivity index (χ1v) is 13.0. The normalized spacial score (nSPS) is 22.2. The number of carbonyl (C=O) groups is 2. The summed E-state index contributed by atoms with van der Waals surface area (Å²) in [6.07, 6.45) is 16.2. The van der Waals surface area contributed by atoms with Gasteiger partial charge in [0, 0.05) is 25.3 Å². The van der Waals surface area contributed by atoms with Crippen molar-refractivity contribution in [3.8, 4) is 0 Å². The number of benzene rings is 1. The SMILES string of the molecule is CCc1ccc(C2CCCC(CNC(=O)CCCCCC(=O)C3CCCCC3)C2)cc1. The first kappa shape index (κ1) is 24.0. The molecule has 3 nitrogen and oxygen atoms in total. The minimum atomic E-state index is 0.188. The number of Topliss-reactive ketones (excluding diaryl/α,β-unsaturated/α-hetero) is 1. The largest absolute Gasteiger partial charge is 0.356 e. The Morgan fingerprint density at radius 3 is 2.35 bits per heavy atom. The van der Waals surface area contributed by atoms with Gasteiger partial charge in [0.25, 0.3) is 0 Å². The highest BCUT2D eigenvalue weighted by atomic mass is 16.1. The van der Waals surface area contributed by atoms with Gasteiger partial charge in [-0.1, -0.05) is 63.3 Å². The van der Waals surface area contributed by atoms with Gasteiger partial charge >= 0.3 is 0 Å². The fourth-order valence-corrected chi connectivity index (χ4v) is 5.54. The van der Waals surface area contributed by atoms with Crippen LogP contribution in [-0.4, -0.2) is 18.2 Å². The lowest BCUT2D eigenvalue weighted by molar-refractivity contribution is -0.123. The van der Waals surface area contributed by atoms with Gasteiger partial charge in [-0.15, -0.1) is 0 Å². The van der Waals surface area contributed by atoms with Crippen LogP contribution in [0.3, 0.4) is 0 Å². The van der Waals surface area contributed by atoms with Gasteiger partial charge in [-0.2, -0.15) is 0 Å². The van der Waals surface area contributed by atoms with E-state index in [1.54, 1.807) is 0 Å². The van der Waals surface area contributed by atoms with Crippen LogP contribution in [0.2, 0.25) is 0 Å². The average Bonchev–Trinajstić information content (AvgIpc) is 2.83. The smallest absolute Gasteiger partial charge is 0.220 e. The predicted molar refractivity (Wildman–Crippen MR) is 128 cm³/mol. The molecule has 2 saturated carbocycles. The lowest BCUT2D eigenvalue weighted by Gasteiger charge is -2.29. The third kappa shape index (κ3) is 8.09. The van der Waals surface area contributed by atoms with E-state index in [-0.39, 0.29) is 5.91 Å². The zero-order valence-corrected chi connectivity index (χ0v) is 19.7. The number of rotatable bonds is 11. The van der Waals surface area contributed by atoms with Gasteiger partial charge in [-0.05, 0) is 74.3 Å². The van der Waals surface area contributed by atoms with E-state index in [1.165, 1.54) is 56.1 Å². The Labute approximate surface area is 189 Å². The maximum atomic E-state index is 12.3. The molecule has 2 aliphatic carbocycles. The summed E-state index contributed by atoms with van der Waals surface area (Å²) in [5, 5.41) is 3.19. The van der Waals surface area contributed by atoms with Crippen molar-refractivity contribution in [2.75, 3.05) is 6.54 Å². The molecule has 31 heavy (non-hydrogen) atoms. The molecule has 2 unspecified atom stereocenters. The first-order chi connectivity index (χ1) is 15.2. The second kappa shape index (κ2) is 13.0. The summed E-state index contributed by atoms with van der Waals surface area (Å²) in [6, 6.07) is 9.15. The molecule has 1 N–H and O–H groups in total. The Balaban J connectivity index is 1.27. The van der Waals surface area contributed by atoms with Crippen molar-refractivity contribution in [2.24, 2.45) is 11.8 Å². The Morgan fingerprint density at radius 2 is 1.61 bits per heavy atom. The molecular formula is C28H43NO2. The first-order valence-electron chi connectivity index (χ1n) is 13.0. The molecule has 0 bridgehead atoms. The molecule has 0 spiro atoms. The number of hydrogen-bond donors (Lipinski definition) is 1. The quantitative estimate of drug-likeness (QED) is 0.399. The van der Waals surface area contributed by atoms with Crippen molar-refractivity contribution in [3.63, 3.8) is 0 Å². The second-order valence-electron chi connectivity index (χ2n) is 9.99. The van der Waals surface area contributed by atoms with Crippen LogP contribution in [0.4, 0.5) is 0 Å². The Bertz CT molecular complexity index is 675. The maximum absolute atomic E-state index is 12.3. The summed E-state index contributed by atoms with van der Waals surface area (Å²) in [6.45, 7) is 3.02. The van der Waals surface area contributed by atoms with Crippen molar-refractivity contribution in [1.29, 1.82) is 0 Å². The molecule has 2 fully saturated rings. The molecule has 0 saturated heterocycles. The minimum absolute atomic E-state index is 0.188. The number of unbranched alkanes of at least 4 members (excludes halogenated alkanes) is 2. The lowest BCUT2D eigenvalue weighted by atomic mass is 9.78. The van der Waals surface area contributed by atoms with Gasteiger partial charge in [0.15, 0.2) is 0 Å². The fraction of sp³-hybridized carbons (Fsp3) is 0.714.